The molecular weight excluding hydrogens is 525 g/mol. The summed E-state index contributed by atoms with van der Waals surface area (Å²) in [6, 6.07) is 23.5. The molecule has 0 aromatic heterocycles. The predicted octanol–water partition coefficient (Wildman–Crippen LogP) is 7.06. The van der Waals surface area contributed by atoms with Gasteiger partial charge in [0.15, 0.2) is 17.2 Å². The number of esters is 1. The third-order valence-electron chi connectivity index (χ3n) is 5.55. The first-order valence-electron chi connectivity index (χ1n) is 11.4. The second-order valence-electron chi connectivity index (χ2n) is 8.08. The van der Waals surface area contributed by atoms with Crippen molar-refractivity contribution in [2.45, 2.75) is 13.5 Å². The number of carbonyl (C=O) groups excluding carboxylic acids is 1. The van der Waals surface area contributed by atoms with Gasteiger partial charge in [0.25, 0.3) is 0 Å². The lowest BCUT2D eigenvalue weighted by molar-refractivity contribution is -0.129. The third kappa shape index (κ3) is 5.16. The fourth-order valence-corrected chi connectivity index (χ4v) is 4.40. The lowest BCUT2D eigenvalue weighted by Crippen LogP contribution is -2.05. The first kappa shape index (κ1) is 23.8. The number of benzene rings is 4. The zero-order chi connectivity index (χ0) is 25.1. The van der Waals surface area contributed by atoms with Crippen LogP contribution in [0.4, 0.5) is 4.39 Å². The third-order valence-corrected chi connectivity index (χ3v) is 6.14. The van der Waals surface area contributed by atoms with E-state index in [-0.39, 0.29) is 24.0 Å². The summed E-state index contributed by atoms with van der Waals surface area (Å²) in [6.45, 7) is 2.54. The zero-order valence-electron chi connectivity index (χ0n) is 19.3. The topological polar surface area (TPSA) is 57.1 Å². The molecule has 0 N–H and O–H groups in total. The van der Waals surface area contributed by atoms with E-state index in [1.54, 1.807) is 24.3 Å². The minimum atomic E-state index is -0.524. The lowest BCUT2D eigenvalue weighted by Gasteiger charge is -2.15. The Labute approximate surface area is 216 Å². The molecule has 5 rings (SSSR count). The number of rotatable bonds is 7. The Morgan fingerprint density at radius 2 is 1.75 bits per heavy atom. The molecule has 1 heterocycles. The smallest absolute Gasteiger partial charge is 0.363 e. The van der Waals surface area contributed by atoms with Gasteiger partial charge in [-0.15, -0.1) is 0 Å². The number of fused-ring (bicyclic) bond motifs is 1. The largest absolute Gasteiger partial charge is 0.490 e. The van der Waals surface area contributed by atoms with Gasteiger partial charge in [0, 0.05) is 5.56 Å². The van der Waals surface area contributed by atoms with Crippen LogP contribution in [0.25, 0.3) is 16.8 Å². The number of nitrogens with zero attached hydrogens (tertiary/aromatic N) is 1. The van der Waals surface area contributed by atoms with Crippen LogP contribution in [0.15, 0.2) is 94.0 Å². The van der Waals surface area contributed by atoms with Crippen LogP contribution in [0.1, 0.15) is 23.6 Å². The van der Waals surface area contributed by atoms with Crippen molar-refractivity contribution < 1.29 is 23.4 Å². The number of ether oxygens (including phenoxy) is 3. The number of cyclic esters (lactones) is 1. The summed E-state index contributed by atoms with van der Waals surface area (Å²) < 4.78 is 31.0. The fourth-order valence-electron chi connectivity index (χ4n) is 3.82. The van der Waals surface area contributed by atoms with Crippen molar-refractivity contribution in [1.29, 1.82) is 0 Å². The maximum Gasteiger partial charge on any atom is 0.363 e. The van der Waals surface area contributed by atoms with Crippen molar-refractivity contribution >= 4 is 44.6 Å². The molecule has 36 heavy (non-hydrogen) atoms. The summed E-state index contributed by atoms with van der Waals surface area (Å²) in [5, 5.41) is 2.13. The van der Waals surface area contributed by atoms with E-state index < -0.39 is 5.97 Å². The quantitative estimate of drug-likeness (QED) is 0.184. The van der Waals surface area contributed by atoms with Gasteiger partial charge in [-0.05, 0) is 87.2 Å². The van der Waals surface area contributed by atoms with Gasteiger partial charge in [0.2, 0.25) is 5.90 Å². The van der Waals surface area contributed by atoms with Gasteiger partial charge >= 0.3 is 5.97 Å². The Morgan fingerprint density at radius 3 is 2.53 bits per heavy atom. The van der Waals surface area contributed by atoms with Crippen molar-refractivity contribution in [1.82, 2.24) is 0 Å². The standard InChI is InChI=1S/C29H21BrFNO4/c1-2-34-26-15-19(13-24(30)27(26)35-17-18-7-11-23(31)12-8-18)14-25-29(33)36-28(32-25)22-10-9-20-5-3-4-6-21(20)16-22/h3-16H,2,17H2,1H3/b25-14-. The molecular formula is C29H21BrFNO4. The van der Waals surface area contributed by atoms with Gasteiger partial charge < -0.3 is 14.2 Å². The minimum Gasteiger partial charge on any atom is -0.490 e. The van der Waals surface area contributed by atoms with Crippen LogP contribution in [-0.2, 0) is 16.1 Å². The summed E-state index contributed by atoms with van der Waals surface area (Å²) in [4.78, 5) is 17.0. The minimum absolute atomic E-state index is 0.187. The van der Waals surface area contributed by atoms with Crippen molar-refractivity contribution in [3.05, 3.63) is 112 Å². The highest BCUT2D eigenvalue weighted by Crippen LogP contribution is 2.38. The monoisotopic (exact) mass is 545 g/mol. The normalized spacial score (nSPS) is 14.1. The molecule has 0 radical (unpaired) electrons. The highest BCUT2D eigenvalue weighted by molar-refractivity contribution is 9.10. The summed E-state index contributed by atoms with van der Waals surface area (Å²) >= 11 is 3.54. The summed E-state index contributed by atoms with van der Waals surface area (Å²) in [5.74, 6) is 0.456. The van der Waals surface area contributed by atoms with Gasteiger partial charge in [-0.1, -0.05) is 42.5 Å². The molecule has 1 aliphatic heterocycles. The lowest BCUT2D eigenvalue weighted by atomic mass is 10.1. The van der Waals surface area contributed by atoms with Crippen molar-refractivity contribution in [3.63, 3.8) is 0 Å². The van der Waals surface area contributed by atoms with Crippen molar-refractivity contribution in [2.24, 2.45) is 4.99 Å². The molecule has 0 unspecified atom stereocenters. The second-order valence-corrected chi connectivity index (χ2v) is 8.93. The van der Waals surface area contributed by atoms with Crippen LogP contribution >= 0.6 is 15.9 Å². The van der Waals surface area contributed by atoms with Gasteiger partial charge in [0.1, 0.15) is 12.4 Å². The zero-order valence-corrected chi connectivity index (χ0v) is 20.9. The number of hydrogen-bond donors (Lipinski definition) is 0. The highest BCUT2D eigenvalue weighted by Gasteiger charge is 2.25. The number of carbonyl (C=O) groups is 1. The van der Waals surface area contributed by atoms with Crippen molar-refractivity contribution in [2.75, 3.05) is 6.61 Å². The molecule has 0 bridgehead atoms. The van der Waals surface area contributed by atoms with Gasteiger partial charge in [-0.3, -0.25) is 0 Å². The first-order valence-corrected chi connectivity index (χ1v) is 12.1. The van der Waals surface area contributed by atoms with Crippen LogP contribution < -0.4 is 9.47 Å². The molecule has 7 heteroatoms. The number of halogens is 2. The van der Waals surface area contributed by atoms with E-state index in [1.165, 1.54) is 12.1 Å². The molecule has 0 saturated carbocycles. The van der Waals surface area contributed by atoms with E-state index in [4.69, 9.17) is 14.2 Å². The molecule has 0 fully saturated rings. The molecule has 4 aromatic carbocycles. The maximum absolute atomic E-state index is 13.2. The molecule has 0 atom stereocenters. The average Bonchev–Trinajstić information content (AvgIpc) is 3.24. The molecule has 5 nitrogen and oxygen atoms in total. The summed E-state index contributed by atoms with van der Waals surface area (Å²) in [5.41, 5.74) is 2.43. The Kier molecular flexibility index (Phi) is 6.82. The summed E-state index contributed by atoms with van der Waals surface area (Å²) in [6.07, 6.45) is 1.65. The Bertz CT molecular complexity index is 1510. The Balaban J connectivity index is 1.42. The van der Waals surface area contributed by atoms with E-state index in [9.17, 15) is 9.18 Å². The van der Waals surface area contributed by atoms with Gasteiger partial charge in [0.05, 0.1) is 11.1 Å². The van der Waals surface area contributed by atoms with Crippen LogP contribution in [-0.4, -0.2) is 18.5 Å². The van der Waals surface area contributed by atoms with Crippen LogP contribution in [0.2, 0.25) is 0 Å². The maximum atomic E-state index is 13.2. The second kappa shape index (κ2) is 10.3. The fraction of sp³-hybridized carbons (Fsp3) is 0.103. The van der Waals surface area contributed by atoms with Crippen LogP contribution in [0, 0.1) is 5.82 Å². The first-order chi connectivity index (χ1) is 17.5. The highest BCUT2D eigenvalue weighted by atomic mass is 79.9. The summed E-state index contributed by atoms with van der Waals surface area (Å²) in [7, 11) is 0. The van der Waals surface area contributed by atoms with Gasteiger partial charge in [-0.2, -0.15) is 0 Å². The molecule has 4 aromatic rings. The van der Waals surface area contributed by atoms with Gasteiger partial charge in [-0.25, -0.2) is 14.2 Å². The molecule has 0 spiro atoms. The molecule has 0 amide bonds. The Hall–Kier alpha value is -3.97. The van der Waals surface area contributed by atoms with Crippen LogP contribution in [0.3, 0.4) is 0 Å². The van der Waals surface area contributed by atoms with Crippen LogP contribution in [0.5, 0.6) is 11.5 Å². The molecule has 0 aliphatic carbocycles. The van der Waals surface area contributed by atoms with E-state index in [0.717, 1.165) is 21.9 Å². The molecule has 180 valence electrons. The Morgan fingerprint density at radius 1 is 0.972 bits per heavy atom. The molecule has 1 aliphatic rings. The van der Waals surface area contributed by atoms with E-state index in [0.29, 0.717) is 28.1 Å². The number of hydrogen-bond acceptors (Lipinski definition) is 5. The van der Waals surface area contributed by atoms with E-state index >= 15 is 0 Å². The SMILES string of the molecule is CCOc1cc(/C=C2\N=C(c3ccc4ccccc4c3)OC2=O)cc(Br)c1OCc1ccc(F)cc1. The van der Waals surface area contributed by atoms with E-state index in [2.05, 4.69) is 20.9 Å². The van der Waals surface area contributed by atoms with Crippen molar-refractivity contribution in [3.8, 4) is 11.5 Å². The average molecular weight is 546 g/mol. The molecule has 0 saturated heterocycles. The number of aliphatic imine (C=N–C) groups is 1. The predicted molar refractivity (Wildman–Crippen MR) is 141 cm³/mol. The van der Waals surface area contributed by atoms with E-state index in [1.807, 2.05) is 55.5 Å².